The molecule has 0 spiro atoms. The van der Waals surface area contributed by atoms with E-state index in [0.717, 1.165) is 44.9 Å². The summed E-state index contributed by atoms with van der Waals surface area (Å²) in [5.41, 5.74) is 5.34. The van der Waals surface area contributed by atoms with Crippen LogP contribution in [0.3, 0.4) is 0 Å². The van der Waals surface area contributed by atoms with Crippen molar-refractivity contribution in [1.82, 2.24) is 0 Å². The topological polar surface area (TPSA) is 195 Å². The fourth-order valence-corrected chi connectivity index (χ4v) is 7.25. The second-order valence-electron chi connectivity index (χ2n) is 16.2. The van der Waals surface area contributed by atoms with Crippen LogP contribution < -0.4 is 5.73 Å². The molecule has 13 heteroatoms. The third kappa shape index (κ3) is 41.6. The zero-order chi connectivity index (χ0) is 45.8. The number of phosphoric ester groups is 1. The summed E-state index contributed by atoms with van der Waals surface area (Å²) >= 11 is 0. The molecule has 0 fully saturated rings. The predicted octanol–water partition coefficient (Wildman–Crippen LogP) is 11.0. The van der Waals surface area contributed by atoms with Crippen molar-refractivity contribution in [3.8, 4) is 0 Å². The SMILES string of the molecule is CCCCCCCC/C=C\CCCCCCCCCCCCCC(=O)O[C@H](COC(=O)CCC[C@@H](O)[C@H](O)/C=C/C=C/C=C\C=C\[C@H](O)CCCCC)COP(=O)(O)OCCN. The molecule has 0 aliphatic heterocycles. The van der Waals surface area contributed by atoms with Gasteiger partial charge < -0.3 is 35.4 Å². The average molecular weight is 898 g/mol. The molecule has 0 aliphatic carbocycles. The number of carbonyl (C=O) groups is 2. The van der Waals surface area contributed by atoms with Crippen LogP contribution in [0.1, 0.15) is 187 Å². The van der Waals surface area contributed by atoms with Crippen LogP contribution in [0.25, 0.3) is 0 Å². The number of carbonyl (C=O) groups excluding carboxylic acids is 2. The summed E-state index contributed by atoms with van der Waals surface area (Å²) in [6.45, 7) is 3.24. The molecule has 0 aromatic rings. The highest BCUT2D eigenvalue weighted by molar-refractivity contribution is 7.47. The van der Waals surface area contributed by atoms with Gasteiger partial charge in [0, 0.05) is 19.4 Å². The molecule has 12 nitrogen and oxygen atoms in total. The van der Waals surface area contributed by atoms with E-state index in [4.69, 9.17) is 24.3 Å². The molecule has 5 atom stereocenters. The number of nitrogens with two attached hydrogens (primary N) is 1. The maximum Gasteiger partial charge on any atom is 0.472 e. The predicted molar refractivity (Wildman–Crippen MR) is 251 cm³/mol. The van der Waals surface area contributed by atoms with Gasteiger partial charge in [0.15, 0.2) is 6.10 Å². The van der Waals surface area contributed by atoms with E-state index in [1.54, 1.807) is 42.5 Å². The fourth-order valence-electron chi connectivity index (χ4n) is 6.48. The van der Waals surface area contributed by atoms with Crippen LogP contribution in [0.5, 0.6) is 0 Å². The van der Waals surface area contributed by atoms with Gasteiger partial charge in [0.05, 0.1) is 31.5 Å². The van der Waals surface area contributed by atoms with Crippen molar-refractivity contribution in [2.45, 2.75) is 212 Å². The van der Waals surface area contributed by atoms with Crippen LogP contribution >= 0.6 is 7.82 Å². The lowest BCUT2D eigenvalue weighted by Gasteiger charge is -2.20. The maximum absolute atomic E-state index is 12.6. The first-order chi connectivity index (χ1) is 30.0. The van der Waals surface area contributed by atoms with Gasteiger partial charge in [0.2, 0.25) is 0 Å². The Balaban J connectivity index is 4.37. The van der Waals surface area contributed by atoms with E-state index in [1.165, 1.54) is 102 Å². The Morgan fingerprint density at radius 3 is 1.66 bits per heavy atom. The molecule has 0 rings (SSSR count). The highest BCUT2D eigenvalue weighted by Crippen LogP contribution is 2.43. The highest BCUT2D eigenvalue weighted by Gasteiger charge is 2.26. The molecule has 0 aromatic heterocycles. The Bertz CT molecular complexity index is 1250. The zero-order valence-electron chi connectivity index (χ0n) is 38.7. The monoisotopic (exact) mass is 898 g/mol. The average Bonchev–Trinajstić information content (AvgIpc) is 3.25. The van der Waals surface area contributed by atoms with E-state index in [9.17, 15) is 34.4 Å². The number of ether oxygens (including phenoxy) is 2. The van der Waals surface area contributed by atoms with Crippen molar-refractivity contribution in [3.63, 3.8) is 0 Å². The molecule has 0 radical (unpaired) electrons. The molecule has 0 aromatic carbocycles. The number of aliphatic hydroxyl groups is 3. The lowest BCUT2D eigenvalue weighted by molar-refractivity contribution is -0.161. The number of rotatable bonds is 44. The smallest absolute Gasteiger partial charge is 0.462 e. The lowest BCUT2D eigenvalue weighted by Crippen LogP contribution is -2.30. The Kier molecular flexibility index (Phi) is 42.1. The molecule has 0 saturated heterocycles. The third-order valence-electron chi connectivity index (χ3n) is 10.2. The van der Waals surface area contributed by atoms with E-state index in [0.29, 0.717) is 6.42 Å². The first-order valence-corrected chi connectivity index (χ1v) is 25.6. The van der Waals surface area contributed by atoms with Crippen molar-refractivity contribution in [2.75, 3.05) is 26.4 Å². The van der Waals surface area contributed by atoms with Gasteiger partial charge in [-0.15, -0.1) is 0 Å². The summed E-state index contributed by atoms with van der Waals surface area (Å²) in [5.74, 6) is -1.16. The number of hydrogen-bond donors (Lipinski definition) is 5. The highest BCUT2D eigenvalue weighted by atomic mass is 31.2. The van der Waals surface area contributed by atoms with Crippen LogP contribution in [-0.4, -0.2) is 82.9 Å². The van der Waals surface area contributed by atoms with E-state index in [2.05, 4.69) is 26.0 Å². The second kappa shape index (κ2) is 43.8. The van der Waals surface area contributed by atoms with Crippen LogP contribution in [0.15, 0.2) is 60.8 Å². The quantitative estimate of drug-likeness (QED) is 0.0128. The Morgan fingerprint density at radius 2 is 1.08 bits per heavy atom. The van der Waals surface area contributed by atoms with Crippen molar-refractivity contribution < 1.29 is 52.9 Å². The van der Waals surface area contributed by atoms with Gasteiger partial charge >= 0.3 is 19.8 Å². The number of allylic oxidation sites excluding steroid dienone is 8. The maximum atomic E-state index is 12.6. The van der Waals surface area contributed by atoms with Gasteiger partial charge in [0.1, 0.15) is 6.61 Å². The Morgan fingerprint density at radius 1 is 0.581 bits per heavy atom. The number of aliphatic hydroxyl groups excluding tert-OH is 3. The summed E-state index contributed by atoms with van der Waals surface area (Å²) in [5, 5.41) is 30.5. The minimum absolute atomic E-state index is 0.00269. The first-order valence-electron chi connectivity index (χ1n) is 24.1. The minimum Gasteiger partial charge on any atom is -0.462 e. The largest absolute Gasteiger partial charge is 0.472 e. The van der Waals surface area contributed by atoms with Crippen LogP contribution in [0, 0.1) is 0 Å². The van der Waals surface area contributed by atoms with Gasteiger partial charge in [-0.25, -0.2) is 4.57 Å². The van der Waals surface area contributed by atoms with Gasteiger partial charge in [-0.1, -0.05) is 184 Å². The molecule has 0 bridgehead atoms. The number of unbranched alkanes of at least 4 members (excludes halogenated alkanes) is 19. The van der Waals surface area contributed by atoms with Crippen molar-refractivity contribution >= 4 is 19.8 Å². The van der Waals surface area contributed by atoms with E-state index in [1.807, 2.05) is 0 Å². The van der Waals surface area contributed by atoms with Crippen LogP contribution in [0.4, 0.5) is 0 Å². The molecule has 360 valence electrons. The van der Waals surface area contributed by atoms with Crippen molar-refractivity contribution in [3.05, 3.63) is 60.8 Å². The molecular weight excluding hydrogens is 810 g/mol. The van der Waals surface area contributed by atoms with Crippen molar-refractivity contribution in [2.24, 2.45) is 5.73 Å². The lowest BCUT2D eigenvalue weighted by atomic mass is 10.0. The molecule has 0 heterocycles. The molecular formula is C49H88NO11P. The molecule has 6 N–H and O–H groups in total. The van der Waals surface area contributed by atoms with E-state index in [-0.39, 0.29) is 38.8 Å². The van der Waals surface area contributed by atoms with E-state index >= 15 is 0 Å². The minimum atomic E-state index is -4.47. The molecule has 0 amide bonds. The summed E-state index contributed by atoms with van der Waals surface area (Å²) < 4.78 is 32.6. The number of esters is 2. The summed E-state index contributed by atoms with van der Waals surface area (Å²) in [6.07, 6.45) is 41.9. The third-order valence-corrected chi connectivity index (χ3v) is 11.2. The molecule has 62 heavy (non-hydrogen) atoms. The number of phosphoric acid groups is 1. The van der Waals surface area contributed by atoms with Gasteiger partial charge in [0.25, 0.3) is 0 Å². The Hall–Kier alpha value is -2.41. The van der Waals surface area contributed by atoms with E-state index < -0.39 is 57.4 Å². The van der Waals surface area contributed by atoms with Crippen molar-refractivity contribution in [1.29, 1.82) is 0 Å². The number of hydrogen-bond acceptors (Lipinski definition) is 11. The molecule has 1 unspecified atom stereocenters. The van der Waals surface area contributed by atoms with Gasteiger partial charge in [-0.05, 0) is 51.4 Å². The fraction of sp³-hybridized carbons (Fsp3) is 0.755. The normalized spacial score (nSPS) is 15.3. The zero-order valence-corrected chi connectivity index (χ0v) is 39.6. The Labute approximate surface area is 376 Å². The van der Waals surface area contributed by atoms with Crippen LogP contribution in [-0.2, 0) is 32.7 Å². The summed E-state index contributed by atoms with van der Waals surface area (Å²) in [7, 11) is -4.47. The summed E-state index contributed by atoms with van der Waals surface area (Å²) in [4.78, 5) is 35.0. The summed E-state index contributed by atoms with van der Waals surface area (Å²) in [6, 6.07) is 0. The van der Waals surface area contributed by atoms with Gasteiger partial charge in [-0.3, -0.25) is 18.6 Å². The standard InChI is InChI=1S/C49H88NO11P/c1-3-5-7-8-9-10-11-12-13-14-15-16-17-18-19-20-21-22-23-28-32-38-49(55)61-45(43-60-62(56,57)59-41-40-50)42-58-48(54)39-33-37-47(53)46(52)36-31-27-25-24-26-30-35-44(51)34-29-6-4-2/h12-13,24-27,30-31,35-36,44-47,51-53H,3-11,14-23,28-29,32-34,37-43,50H2,1-2H3,(H,56,57)/b13-12-,26-24-,27-25+,35-30+,36-31+/t44-,45-,46-,47-/m1/s1. The van der Waals surface area contributed by atoms with Gasteiger partial charge in [-0.2, -0.15) is 0 Å². The van der Waals surface area contributed by atoms with Crippen LogP contribution in [0.2, 0.25) is 0 Å². The molecule has 0 aliphatic rings. The first kappa shape index (κ1) is 59.6. The molecule has 0 saturated carbocycles. The second-order valence-corrected chi connectivity index (χ2v) is 17.6.